The molecular formula is C16H11Cl2FN2O5. The zero-order valence-corrected chi connectivity index (χ0v) is 14.5. The van der Waals surface area contributed by atoms with Gasteiger partial charge in [0.15, 0.2) is 6.61 Å². The molecule has 0 unspecified atom stereocenters. The maximum Gasteiger partial charge on any atom is 0.310 e. The first-order chi connectivity index (χ1) is 12.3. The summed E-state index contributed by atoms with van der Waals surface area (Å²) in [6.07, 6.45) is -0.448. The van der Waals surface area contributed by atoms with Crippen molar-refractivity contribution in [1.82, 2.24) is 0 Å². The molecule has 0 atom stereocenters. The Hall–Kier alpha value is -2.71. The average molecular weight is 401 g/mol. The van der Waals surface area contributed by atoms with Crippen LogP contribution in [0.2, 0.25) is 10.0 Å². The molecule has 0 heterocycles. The number of carbonyl (C=O) groups is 2. The molecule has 7 nitrogen and oxygen atoms in total. The molecule has 0 radical (unpaired) electrons. The second-order valence-electron chi connectivity index (χ2n) is 5.01. The summed E-state index contributed by atoms with van der Waals surface area (Å²) in [6, 6.07) is 7.46. The van der Waals surface area contributed by atoms with Gasteiger partial charge in [-0.25, -0.2) is 4.39 Å². The standard InChI is InChI=1S/C16H11Cl2FN2O5/c17-11-2-1-3-13(19)10(11)7-16(23)26-8-15(22)20-14-6-9(21(24)25)4-5-12(14)18/h1-6H,7-8H2,(H,20,22). The van der Waals surface area contributed by atoms with E-state index in [-0.39, 0.29) is 27.0 Å². The van der Waals surface area contributed by atoms with E-state index in [2.05, 4.69) is 5.32 Å². The molecule has 0 saturated heterocycles. The summed E-state index contributed by atoms with van der Waals surface area (Å²) in [5, 5.41) is 13.2. The Balaban J connectivity index is 1.94. The number of nitrogens with zero attached hydrogens (tertiary/aromatic N) is 1. The Kier molecular flexibility index (Phi) is 6.48. The Labute approximate surface area is 156 Å². The van der Waals surface area contributed by atoms with Crippen LogP contribution in [0.3, 0.4) is 0 Å². The summed E-state index contributed by atoms with van der Waals surface area (Å²) in [7, 11) is 0. The molecule has 0 aliphatic rings. The highest BCUT2D eigenvalue weighted by Crippen LogP contribution is 2.26. The third kappa shape index (κ3) is 5.14. The monoisotopic (exact) mass is 400 g/mol. The number of nitrogens with one attached hydrogen (secondary N) is 1. The molecule has 0 saturated carbocycles. The molecule has 0 bridgehead atoms. The van der Waals surface area contributed by atoms with E-state index in [4.69, 9.17) is 27.9 Å². The smallest absolute Gasteiger partial charge is 0.310 e. The predicted octanol–water partition coefficient (Wildman–Crippen LogP) is 3.77. The van der Waals surface area contributed by atoms with Crippen molar-refractivity contribution in [2.24, 2.45) is 0 Å². The molecule has 2 rings (SSSR count). The number of nitro benzene ring substituents is 1. The predicted molar refractivity (Wildman–Crippen MR) is 92.8 cm³/mol. The lowest BCUT2D eigenvalue weighted by Crippen LogP contribution is -2.22. The van der Waals surface area contributed by atoms with Gasteiger partial charge in [-0.05, 0) is 18.2 Å². The van der Waals surface area contributed by atoms with E-state index in [9.17, 15) is 24.1 Å². The van der Waals surface area contributed by atoms with Crippen molar-refractivity contribution in [2.75, 3.05) is 11.9 Å². The van der Waals surface area contributed by atoms with Crippen molar-refractivity contribution in [2.45, 2.75) is 6.42 Å². The van der Waals surface area contributed by atoms with Crippen LogP contribution in [0.15, 0.2) is 36.4 Å². The molecule has 1 N–H and O–H groups in total. The number of hydrogen-bond donors (Lipinski definition) is 1. The zero-order valence-electron chi connectivity index (χ0n) is 13.0. The number of nitro groups is 1. The Bertz CT molecular complexity index is 855. The minimum Gasteiger partial charge on any atom is -0.455 e. The van der Waals surface area contributed by atoms with Crippen LogP contribution in [-0.2, 0) is 20.7 Å². The molecule has 2 aromatic rings. The van der Waals surface area contributed by atoms with Gasteiger partial charge in [-0.1, -0.05) is 29.3 Å². The van der Waals surface area contributed by atoms with Gasteiger partial charge in [0.05, 0.1) is 22.1 Å². The van der Waals surface area contributed by atoms with Gasteiger partial charge in [0, 0.05) is 22.7 Å². The van der Waals surface area contributed by atoms with Crippen molar-refractivity contribution in [3.05, 3.63) is 67.9 Å². The molecule has 0 aliphatic carbocycles. The second-order valence-corrected chi connectivity index (χ2v) is 5.82. The molecule has 136 valence electrons. The van der Waals surface area contributed by atoms with Crippen molar-refractivity contribution < 1.29 is 23.6 Å². The highest BCUT2D eigenvalue weighted by Gasteiger charge is 2.16. The number of benzene rings is 2. The van der Waals surface area contributed by atoms with Crippen LogP contribution in [0.1, 0.15) is 5.56 Å². The molecule has 10 heteroatoms. The summed E-state index contributed by atoms with van der Waals surface area (Å²) in [5.74, 6) is -2.29. The molecular weight excluding hydrogens is 390 g/mol. The van der Waals surface area contributed by atoms with Gasteiger partial charge >= 0.3 is 5.97 Å². The first-order valence-electron chi connectivity index (χ1n) is 7.10. The van der Waals surface area contributed by atoms with Gasteiger partial charge in [0.1, 0.15) is 5.82 Å². The molecule has 0 aliphatic heterocycles. The van der Waals surface area contributed by atoms with Gasteiger partial charge in [0.25, 0.3) is 11.6 Å². The third-order valence-electron chi connectivity index (χ3n) is 3.18. The largest absolute Gasteiger partial charge is 0.455 e. The minimum atomic E-state index is -0.864. The number of hydrogen-bond acceptors (Lipinski definition) is 5. The zero-order chi connectivity index (χ0) is 19.3. The normalized spacial score (nSPS) is 10.3. The number of carbonyl (C=O) groups excluding carboxylic acids is 2. The third-order valence-corrected chi connectivity index (χ3v) is 3.87. The van der Waals surface area contributed by atoms with Gasteiger partial charge in [-0.15, -0.1) is 0 Å². The Morgan fingerprint density at radius 1 is 1.19 bits per heavy atom. The quantitative estimate of drug-likeness (QED) is 0.452. The van der Waals surface area contributed by atoms with Crippen LogP contribution < -0.4 is 5.32 Å². The van der Waals surface area contributed by atoms with Crippen LogP contribution >= 0.6 is 23.2 Å². The maximum absolute atomic E-state index is 13.6. The minimum absolute atomic E-state index is 0.000867. The van der Waals surface area contributed by atoms with E-state index in [0.29, 0.717) is 0 Å². The summed E-state index contributed by atoms with van der Waals surface area (Å²) in [6.45, 7) is -0.677. The van der Waals surface area contributed by atoms with Crippen LogP contribution in [0.5, 0.6) is 0 Å². The van der Waals surface area contributed by atoms with Crippen LogP contribution in [-0.4, -0.2) is 23.4 Å². The number of rotatable bonds is 6. The lowest BCUT2D eigenvalue weighted by atomic mass is 10.1. The van der Waals surface area contributed by atoms with Crippen LogP contribution in [0.4, 0.5) is 15.8 Å². The SMILES string of the molecule is O=C(COC(=O)Cc1c(F)cccc1Cl)Nc1cc([N+](=O)[O-])ccc1Cl. The number of amides is 1. The first kappa shape index (κ1) is 19.6. The maximum atomic E-state index is 13.6. The van der Waals surface area contributed by atoms with E-state index in [1.54, 1.807) is 0 Å². The van der Waals surface area contributed by atoms with Crippen molar-refractivity contribution in [1.29, 1.82) is 0 Å². The van der Waals surface area contributed by atoms with Gasteiger partial charge < -0.3 is 10.1 Å². The number of non-ortho nitro benzene ring substituents is 1. The van der Waals surface area contributed by atoms with E-state index < -0.39 is 35.6 Å². The van der Waals surface area contributed by atoms with E-state index >= 15 is 0 Å². The molecule has 2 aromatic carbocycles. The van der Waals surface area contributed by atoms with Crippen molar-refractivity contribution in [3.63, 3.8) is 0 Å². The summed E-state index contributed by atoms with van der Waals surface area (Å²) in [4.78, 5) is 33.6. The highest BCUT2D eigenvalue weighted by atomic mass is 35.5. The number of esters is 1. The fraction of sp³-hybridized carbons (Fsp3) is 0.125. The van der Waals surface area contributed by atoms with Crippen molar-refractivity contribution >= 4 is 46.5 Å². The molecule has 26 heavy (non-hydrogen) atoms. The fourth-order valence-corrected chi connectivity index (χ4v) is 2.35. The lowest BCUT2D eigenvalue weighted by molar-refractivity contribution is -0.384. The van der Waals surface area contributed by atoms with Gasteiger partial charge in [0.2, 0.25) is 0 Å². The van der Waals surface area contributed by atoms with Crippen LogP contribution in [0, 0.1) is 15.9 Å². The molecule has 0 spiro atoms. The molecule has 0 aromatic heterocycles. The van der Waals surface area contributed by atoms with E-state index in [1.165, 1.54) is 24.3 Å². The van der Waals surface area contributed by atoms with Gasteiger partial charge in [-0.3, -0.25) is 19.7 Å². The summed E-state index contributed by atoms with van der Waals surface area (Å²) >= 11 is 11.7. The fourth-order valence-electron chi connectivity index (χ4n) is 1.95. The van der Waals surface area contributed by atoms with Crippen LogP contribution in [0.25, 0.3) is 0 Å². The van der Waals surface area contributed by atoms with E-state index in [1.807, 2.05) is 0 Å². The first-order valence-corrected chi connectivity index (χ1v) is 7.86. The average Bonchev–Trinajstić information content (AvgIpc) is 2.58. The van der Waals surface area contributed by atoms with Gasteiger partial charge in [-0.2, -0.15) is 0 Å². The second kappa shape index (κ2) is 8.59. The summed E-state index contributed by atoms with van der Waals surface area (Å²) in [5.41, 5.74) is -0.309. The topological polar surface area (TPSA) is 98.5 Å². The number of anilines is 1. The summed E-state index contributed by atoms with van der Waals surface area (Å²) < 4.78 is 18.4. The number of halogens is 3. The lowest BCUT2D eigenvalue weighted by Gasteiger charge is -2.09. The Morgan fingerprint density at radius 2 is 1.92 bits per heavy atom. The molecule has 0 fully saturated rings. The highest BCUT2D eigenvalue weighted by molar-refractivity contribution is 6.33. The van der Waals surface area contributed by atoms with Crippen molar-refractivity contribution in [3.8, 4) is 0 Å². The van der Waals surface area contributed by atoms with E-state index in [0.717, 1.165) is 12.1 Å². The Morgan fingerprint density at radius 3 is 2.58 bits per heavy atom. The number of ether oxygens (including phenoxy) is 1. The molecule has 1 amide bonds.